The lowest BCUT2D eigenvalue weighted by molar-refractivity contribution is 0.260. The van der Waals surface area contributed by atoms with Crippen LogP contribution in [0.5, 0.6) is 0 Å². The molecule has 1 unspecified atom stereocenters. The Labute approximate surface area is 188 Å². The number of amides is 1. The minimum atomic E-state index is -1.06. The Morgan fingerprint density at radius 3 is 2.68 bits per heavy atom. The first kappa shape index (κ1) is 21.7. The molecule has 1 atom stereocenters. The molecule has 2 aliphatic rings. The number of hydrogen-bond donors (Lipinski definition) is 2. The fourth-order valence-electron chi connectivity index (χ4n) is 3.98. The molecule has 9 heteroatoms. The molecule has 0 aliphatic carbocycles. The van der Waals surface area contributed by atoms with E-state index in [9.17, 15) is 14.6 Å². The molecular formula is C22H24N4O3S2. The average Bonchev–Trinajstić information content (AvgIpc) is 2.73. The number of nitrogens with one attached hydrogen (secondary N) is 1. The number of oxime groups is 1. The number of amidine groups is 1. The molecule has 0 aromatic heterocycles. The van der Waals surface area contributed by atoms with E-state index in [1.54, 1.807) is 18.4 Å². The molecule has 0 spiro atoms. The molecule has 7 nitrogen and oxygen atoms in total. The van der Waals surface area contributed by atoms with Crippen LogP contribution in [0.15, 0.2) is 57.6 Å². The van der Waals surface area contributed by atoms with Gasteiger partial charge in [0.1, 0.15) is 6.26 Å². The van der Waals surface area contributed by atoms with Crippen LogP contribution >= 0.6 is 11.8 Å². The molecule has 0 saturated heterocycles. The van der Waals surface area contributed by atoms with Gasteiger partial charge in [-0.25, -0.2) is 5.43 Å². The van der Waals surface area contributed by atoms with Gasteiger partial charge in [0, 0.05) is 17.8 Å². The second kappa shape index (κ2) is 8.57. The van der Waals surface area contributed by atoms with Gasteiger partial charge in [0.25, 0.3) is 5.24 Å². The fraction of sp³-hybridized carbons (Fsp3) is 0.318. The molecule has 2 heterocycles. The summed E-state index contributed by atoms with van der Waals surface area (Å²) in [5, 5.41) is 17.6. The van der Waals surface area contributed by atoms with E-state index in [4.69, 9.17) is 0 Å². The monoisotopic (exact) mass is 456 g/mol. The maximum absolute atomic E-state index is 11.7. The van der Waals surface area contributed by atoms with Crippen molar-refractivity contribution in [3.05, 3.63) is 59.2 Å². The molecule has 1 amide bonds. The summed E-state index contributed by atoms with van der Waals surface area (Å²) in [4.78, 5) is 14.4. The number of thioether (sulfide) groups is 1. The van der Waals surface area contributed by atoms with Crippen LogP contribution in [-0.4, -0.2) is 44.1 Å². The predicted octanol–water partition coefficient (Wildman–Crippen LogP) is 3.95. The standard InChI is InChI=1S/C22H24N4O3S2/c1-22(2)19(23-24-21(27)30-22)16-8-11-18-15(13-16)5-4-12-26(18)20(25-28)14-6-9-17(10-7-14)31(3)29/h6-11,13,28H,4-5,12H2,1-3H3,(H,24,27)/b25-20-. The van der Waals surface area contributed by atoms with E-state index in [2.05, 4.69) is 21.7 Å². The summed E-state index contributed by atoms with van der Waals surface area (Å²) >= 11 is 0.166. The lowest BCUT2D eigenvalue weighted by atomic mass is 9.93. The van der Waals surface area contributed by atoms with E-state index in [0.717, 1.165) is 52.4 Å². The van der Waals surface area contributed by atoms with Crippen molar-refractivity contribution in [1.82, 2.24) is 5.43 Å². The van der Waals surface area contributed by atoms with Gasteiger partial charge < -0.3 is 14.7 Å². The van der Waals surface area contributed by atoms with E-state index in [1.165, 1.54) is 11.8 Å². The highest BCUT2D eigenvalue weighted by atomic mass is 32.2. The number of anilines is 1. The number of carbonyl (C=O) groups is 1. The van der Waals surface area contributed by atoms with Crippen LogP contribution in [0.25, 0.3) is 0 Å². The normalized spacial score (nSPS) is 19.4. The first-order chi connectivity index (χ1) is 14.8. The third kappa shape index (κ3) is 4.30. The summed E-state index contributed by atoms with van der Waals surface area (Å²) in [6.45, 7) is 4.71. The van der Waals surface area contributed by atoms with Gasteiger partial charge in [-0.05, 0) is 85.4 Å². The highest BCUT2D eigenvalue weighted by Crippen LogP contribution is 2.35. The molecule has 31 heavy (non-hydrogen) atoms. The number of rotatable bonds is 3. The van der Waals surface area contributed by atoms with Crippen LogP contribution in [-0.2, 0) is 17.6 Å². The molecular weight excluding hydrogens is 432 g/mol. The molecule has 2 N–H and O–H groups in total. The Balaban J connectivity index is 1.67. The van der Waals surface area contributed by atoms with Gasteiger partial charge in [-0.3, -0.25) is 4.79 Å². The SMILES string of the molecule is C[S+]([O-])c1ccc(/C(=N/O)N2CCCc3cc(C4=NNC(=O)SC4(C)C)ccc32)cc1. The lowest BCUT2D eigenvalue weighted by Gasteiger charge is -2.33. The quantitative estimate of drug-likeness (QED) is 0.239. The summed E-state index contributed by atoms with van der Waals surface area (Å²) in [6.07, 6.45) is 3.45. The van der Waals surface area contributed by atoms with Gasteiger partial charge in [0.2, 0.25) is 0 Å². The van der Waals surface area contributed by atoms with Crippen molar-refractivity contribution in [2.24, 2.45) is 10.3 Å². The largest absolute Gasteiger partial charge is 0.612 e. The first-order valence-corrected chi connectivity index (χ1v) is 12.3. The number of fused-ring (bicyclic) bond motifs is 1. The molecule has 0 bridgehead atoms. The molecule has 2 aliphatic heterocycles. The number of aryl methyl sites for hydroxylation is 1. The summed E-state index contributed by atoms with van der Waals surface area (Å²) in [7, 11) is 0. The minimum Gasteiger partial charge on any atom is -0.612 e. The lowest BCUT2D eigenvalue weighted by Crippen LogP contribution is -2.39. The Hall–Kier alpha value is -2.49. The van der Waals surface area contributed by atoms with E-state index in [0.29, 0.717) is 5.84 Å². The van der Waals surface area contributed by atoms with E-state index >= 15 is 0 Å². The van der Waals surface area contributed by atoms with Gasteiger partial charge in [-0.1, -0.05) is 23.0 Å². The number of hydrogen-bond acceptors (Lipinski definition) is 6. The topological polar surface area (TPSA) is 100 Å². The van der Waals surface area contributed by atoms with Crippen LogP contribution in [0.4, 0.5) is 10.5 Å². The Bertz CT molecular complexity index is 1060. The Morgan fingerprint density at radius 1 is 1.29 bits per heavy atom. The third-order valence-electron chi connectivity index (χ3n) is 5.44. The Kier molecular flexibility index (Phi) is 6.00. The van der Waals surface area contributed by atoms with Crippen molar-refractivity contribution in [3.8, 4) is 0 Å². The molecule has 0 radical (unpaired) electrons. The van der Waals surface area contributed by atoms with Crippen molar-refractivity contribution in [1.29, 1.82) is 0 Å². The smallest absolute Gasteiger partial charge is 0.300 e. The number of nitrogens with zero attached hydrogens (tertiary/aromatic N) is 3. The van der Waals surface area contributed by atoms with Crippen LogP contribution in [0.3, 0.4) is 0 Å². The van der Waals surface area contributed by atoms with E-state index in [-0.39, 0.29) is 5.24 Å². The van der Waals surface area contributed by atoms with Crippen LogP contribution < -0.4 is 10.3 Å². The minimum absolute atomic E-state index is 0.153. The van der Waals surface area contributed by atoms with Gasteiger partial charge in [0.15, 0.2) is 10.7 Å². The zero-order valence-corrected chi connectivity index (χ0v) is 19.2. The van der Waals surface area contributed by atoms with Crippen molar-refractivity contribution in [3.63, 3.8) is 0 Å². The maximum Gasteiger partial charge on any atom is 0.300 e. The third-order valence-corrected chi connectivity index (χ3v) is 7.36. The zero-order valence-electron chi connectivity index (χ0n) is 17.6. The zero-order chi connectivity index (χ0) is 22.2. The van der Waals surface area contributed by atoms with Crippen molar-refractivity contribution in [2.75, 3.05) is 17.7 Å². The van der Waals surface area contributed by atoms with Crippen LogP contribution in [0.1, 0.15) is 37.0 Å². The fourth-order valence-corrected chi connectivity index (χ4v) is 5.31. The van der Waals surface area contributed by atoms with Crippen LogP contribution in [0.2, 0.25) is 0 Å². The van der Waals surface area contributed by atoms with Gasteiger partial charge in [-0.2, -0.15) is 5.10 Å². The Morgan fingerprint density at radius 2 is 2.03 bits per heavy atom. The number of benzene rings is 2. The van der Waals surface area contributed by atoms with Crippen molar-refractivity contribution in [2.45, 2.75) is 36.3 Å². The highest BCUT2D eigenvalue weighted by molar-refractivity contribution is 8.15. The second-order valence-corrected chi connectivity index (χ2v) is 10.9. The van der Waals surface area contributed by atoms with E-state index < -0.39 is 15.9 Å². The van der Waals surface area contributed by atoms with Gasteiger partial charge in [0.05, 0.1) is 10.5 Å². The predicted molar refractivity (Wildman–Crippen MR) is 126 cm³/mol. The number of hydrazone groups is 1. The van der Waals surface area contributed by atoms with Gasteiger partial charge in [-0.15, -0.1) is 0 Å². The highest BCUT2D eigenvalue weighted by Gasteiger charge is 2.34. The summed E-state index contributed by atoms with van der Waals surface area (Å²) < 4.78 is 11.2. The summed E-state index contributed by atoms with van der Waals surface area (Å²) in [5.41, 5.74) is 7.24. The molecule has 162 valence electrons. The number of carbonyl (C=O) groups excluding carboxylic acids is 1. The molecule has 4 rings (SSSR count). The average molecular weight is 457 g/mol. The van der Waals surface area contributed by atoms with Crippen LogP contribution in [0, 0.1) is 0 Å². The summed E-state index contributed by atoms with van der Waals surface area (Å²) in [5.74, 6) is 0.459. The maximum atomic E-state index is 11.7. The van der Waals surface area contributed by atoms with E-state index in [1.807, 2.05) is 43.0 Å². The van der Waals surface area contributed by atoms with Crippen molar-refractivity contribution < 1.29 is 14.6 Å². The molecule has 0 fully saturated rings. The second-order valence-electron chi connectivity index (χ2n) is 7.97. The van der Waals surface area contributed by atoms with Gasteiger partial charge >= 0.3 is 0 Å². The van der Waals surface area contributed by atoms with Crippen molar-refractivity contribution >= 4 is 45.4 Å². The molecule has 0 saturated carbocycles. The molecule has 2 aromatic rings. The molecule has 2 aromatic carbocycles. The summed E-state index contributed by atoms with van der Waals surface area (Å²) in [6, 6.07) is 13.4. The first-order valence-electron chi connectivity index (χ1n) is 9.94.